The van der Waals surface area contributed by atoms with Crippen molar-refractivity contribution in [3.05, 3.63) is 35.1 Å². The quantitative estimate of drug-likeness (QED) is 0.596. The van der Waals surface area contributed by atoms with Crippen molar-refractivity contribution in [2.45, 2.75) is 20.0 Å². The Labute approximate surface area is 120 Å². The second-order valence-electron chi connectivity index (χ2n) is 4.27. The highest BCUT2D eigenvalue weighted by molar-refractivity contribution is 5.94. The van der Waals surface area contributed by atoms with Crippen molar-refractivity contribution in [1.29, 1.82) is 0 Å². The molecule has 0 aliphatic rings. The van der Waals surface area contributed by atoms with E-state index in [1.165, 1.54) is 4.90 Å². The standard InChI is InChI=1S/C14H17F4NO2/c1-3-19(7-8-21-4-2)13(20)11-9-10(14(16,17)18)5-6-12(11)15/h5-6,9H,3-4,7-8H2,1-2H3. The van der Waals surface area contributed by atoms with Crippen LogP contribution in [0.2, 0.25) is 0 Å². The van der Waals surface area contributed by atoms with Crippen molar-refractivity contribution in [3.8, 4) is 0 Å². The normalized spacial score (nSPS) is 11.5. The lowest BCUT2D eigenvalue weighted by Gasteiger charge is -2.21. The van der Waals surface area contributed by atoms with Crippen LogP contribution in [0.5, 0.6) is 0 Å². The van der Waals surface area contributed by atoms with Gasteiger partial charge in [-0.3, -0.25) is 4.79 Å². The van der Waals surface area contributed by atoms with Gasteiger partial charge in [0.25, 0.3) is 5.91 Å². The van der Waals surface area contributed by atoms with Gasteiger partial charge in [0.2, 0.25) is 0 Å². The molecule has 3 nitrogen and oxygen atoms in total. The van der Waals surface area contributed by atoms with Crippen LogP contribution in [0.3, 0.4) is 0 Å². The lowest BCUT2D eigenvalue weighted by molar-refractivity contribution is -0.137. The Morgan fingerprint density at radius 1 is 1.29 bits per heavy atom. The minimum absolute atomic E-state index is 0.193. The van der Waals surface area contributed by atoms with Crippen LogP contribution in [0.25, 0.3) is 0 Å². The molecule has 1 aromatic carbocycles. The van der Waals surface area contributed by atoms with E-state index in [4.69, 9.17) is 4.74 Å². The summed E-state index contributed by atoms with van der Waals surface area (Å²) in [5.41, 5.74) is -1.63. The van der Waals surface area contributed by atoms with E-state index >= 15 is 0 Å². The van der Waals surface area contributed by atoms with Gasteiger partial charge >= 0.3 is 6.18 Å². The van der Waals surface area contributed by atoms with E-state index in [-0.39, 0.29) is 19.7 Å². The van der Waals surface area contributed by atoms with Crippen molar-refractivity contribution in [3.63, 3.8) is 0 Å². The molecule has 0 aromatic heterocycles. The summed E-state index contributed by atoms with van der Waals surface area (Å²) in [7, 11) is 0. The van der Waals surface area contributed by atoms with Crippen LogP contribution >= 0.6 is 0 Å². The van der Waals surface area contributed by atoms with Gasteiger partial charge < -0.3 is 9.64 Å². The molecule has 0 unspecified atom stereocenters. The van der Waals surface area contributed by atoms with E-state index in [9.17, 15) is 22.4 Å². The number of ether oxygens (including phenoxy) is 1. The topological polar surface area (TPSA) is 29.5 Å². The van der Waals surface area contributed by atoms with Gasteiger partial charge in [0, 0.05) is 19.7 Å². The van der Waals surface area contributed by atoms with Crippen LogP contribution < -0.4 is 0 Å². The van der Waals surface area contributed by atoms with Gasteiger partial charge in [-0.05, 0) is 32.0 Å². The van der Waals surface area contributed by atoms with Crippen LogP contribution in [0, 0.1) is 5.82 Å². The maximum atomic E-state index is 13.6. The van der Waals surface area contributed by atoms with Crippen molar-refractivity contribution < 1.29 is 27.1 Å². The van der Waals surface area contributed by atoms with Gasteiger partial charge in [0.1, 0.15) is 5.82 Å². The fourth-order valence-electron chi connectivity index (χ4n) is 1.76. The van der Waals surface area contributed by atoms with Gasteiger partial charge in [0.15, 0.2) is 0 Å². The first-order valence-electron chi connectivity index (χ1n) is 6.55. The maximum absolute atomic E-state index is 13.6. The molecule has 1 aromatic rings. The molecule has 118 valence electrons. The Hall–Kier alpha value is -1.63. The number of amides is 1. The Morgan fingerprint density at radius 3 is 2.48 bits per heavy atom. The minimum atomic E-state index is -4.62. The summed E-state index contributed by atoms with van der Waals surface area (Å²) < 4.78 is 56.6. The van der Waals surface area contributed by atoms with E-state index < -0.39 is 29.0 Å². The molecule has 7 heteroatoms. The molecular formula is C14H17F4NO2. The Bertz CT molecular complexity index is 488. The fraction of sp³-hybridized carbons (Fsp3) is 0.500. The van der Waals surface area contributed by atoms with Gasteiger partial charge in [-0.2, -0.15) is 13.2 Å². The summed E-state index contributed by atoms with van der Waals surface area (Å²) in [6.45, 7) is 4.60. The van der Waals surface area contributed by atoms with Crippen LogP contribution in [0.4, 0.5) is 17.6 Å². The number of hydrogen-bond donors (Lipinski definition) is 0. The number of carbonyl (C=O) groups excluding carboxylic acids is 1. The molecule has 0 aliphatic carbocycles. The molecule has 0 fully saturated rings. The van der Waals surface area contributed by atoms with Crippen molar-refractivity contribution in [2.75, 3.05) is 26.3 Å². The molecular weight excluding hydrogens is 290 g/mol. The van der Waals surface area contributed by atoms with Crippen molar-refractivity contribution >= 4 is 5.91 Å². The fourth-order valence-corrected chi connectivity index (χ4v) is 1.76. The highest BCUT2D eigenvalue weighted by Gasteiger charge is 2.32. The number of benzene rings is 1. The van der Waals surface area contributed by atoms with Gasteiger partial charge in [0.05, 0.1) is 17.7 Å². The van der Waals surface area contributed by atoms with E-state index in [0.717, 1.165) is 0 Å². The average Bonchev–Trinajstić information content (AvgIpc) is 2.42. The van der Waals surface area contributed by atoms with Crippen molar-refractivity contribution in [1.82, 2.24) is 4.90 Å². The molecule has 0 bridgehead atoms. The monoisotopic (exact) mass is 307 g/mol. The Kier molecular flexibility index (Phi) is 6.14. The lowest BCUT2D eigenvalue weighted by atomic mass is 10.1. The van der Waals surface area contributed by atoms with Gasteiger partial charge in [-0.1, -0.05) is 0 Å². The molecule has 0 aliphatic heterocycles. The highest BCUT2D eigenvalue weighted by atomic mass is 19.4. The number of hydrogen-bond acceptors (Lipinski definition) is 2. The zero-order chi connectivity index (χ0) is 16.0. The van der Waals surface area contributed by atoms with E-state index in [1.54, 1.807) is 13.8 Å². The number of rotatable bonds is 6. The first-order chi connectivity index (χ1) is 9.81. The molecule has 0 heterocycles. The summed E-state index contributed by atoms with van der Waals surface area (Å²) in [5.74, 6) is -1.75. The first kappa shape index (κ1) is 17.4. The SMILES string of the molecule is CCOCCN(CC)C(=O)c1cc(C(F)(F)F)ccc1F. The summed E-state index contributed by atoms with van der Waals surface area (Å²) in [6.07, 6.45) is -4.62. The molecule has 0 radical (unpaired) electrons. The molecule has 0 atom stereocenters. The molecule has 0 saturated heterocycles. The number of halogens is 4. The third-order valence-electron chi connectivity index (χ3n) is 2.90. The molecule has 21 heavy (non-hydrogen) atoms. The third-order valence-corrected chi connectivity index (χ3v) is 2.90. The van der Waals surface area contributed by atoms with Crippen molar-refractivity contribution in [2.24, 2.45) is 0 Å². The predicted octanol–water partition coefficient (Wildman–Crippen LogP) is 3.34. The summed E-state index contributed by atoms with van der Waals surface area (Å²) in [4.78, 5) is 13.4. The summed E-state index contributed by atoms with van der Waals surface area (Å²) in [6, 6.07) is 1.82. The third kappa shape index (κ3) is 4.70. The lowest BCUT2D eigenvalue weighted by Crippen LogP contribution is -2.34. The number of likely N-dealkylation sites (N-methyl/N-ethyl adjacent to an activating group) is 1. The van der Waals surface area contributed by atoms with Crippen LogP contribution in [0.1, 0.15) is 29.8 Å². The molecule has 0 spiro atoms. The van der Waals surface area contributed by atoms with Gasteiger partial charge in [-0.25, -0.2) is 4.39 Å². The summed E-state index contributed by atoms with van der Waals surface area (Å²) in [5, 5.41) is 0. The van der Waals surface area contributed by atoms with Gasteiger partial charge in [-0.15, -0.1) is 0 Å². The highest BCUT2D eigenvalue weighted by Crippen LogP contribution is 2.30. The zero-order valence-electron chi connectivity index (χ0n) is 11.8. The maximum Gasteiger partial charge on any atom is 0.416 e. The van der Waals surface area contributed by atoms with E-state index in [0.29, 0.717) is 24.8 Å². The summed E-state index contributed by atoms with van der Waals surface area (Å²) >= 11 is 0. The van der Waals surface area contributed by atoms with Crippen LogP contribution in [0.15, 0.2) is 18.2 Å². The molecule has 1 amide bonds. The van der Waals surface area contributed by atoms with E-state index in [1.807, 2.05) is 0 Å². The minimum Gasteiger partial charge on any atom is -0.380 e. The number of carbonyl (C=O) groups is 1. The van der Waals surface area contributed by atoms with E-state index in [2.05, 4.69) is 0 Å². The first-order valence-corrected chi connectivity index (χ1v) is 6.55. The van der Waals surface area contributed by atoms with Crippen LogP contribution in [-0.2, 0) is 10.9 Å². The predicted molar refractivity (Wildman–Crippen MR) is 69.5 cm³/mol. The molecule has 0 saturated carbocycles. The largest absolute Gasteiger partial charge is 0.416 e. The zero-order valence-corrected chi connectivity index (χ0v) is 11.8. The van der Waals surface area contributed by atoms with Crippen LogP contribution in [-0.4, -0.2) is 37.1 Å². The second kappa shape index (κ2) is 7.40. The smallest absolute Gasteiger partial charge is 0.380 e. The molecule has 1 rings (SSSR count). The molecule has 0 N–H and O–H groups in total. The number of alkyl halides is 3. The Balaban J connectivity index is 2.99. The second-order valence-corrected chi connectivity index (χ2v) is 4.27. The number of nitrogens with zero attached hydrogens (tertiary/aromatic N) is 1. The average molecular weight is 307 g/mol. The Morgan fingerprint density at radius 2 is 1.95 bits per heavy atom.